The fourth-order valence-corrected chi connectivity index (χ4v) is 4.74. The number of nitrogens with zero attached hydrogens (tertiary/aromatic N) is 2. The molecule has 1 heterocycles. The minimum atomic E-state index is -3.39. The predicted molar refractivity (Wildman–Crippen MR) is 103 cm³/mol. The van der Waals surface area contributed by atoms with Gasteiger partial charge < -0.3 is 5.11 Å². The van der Waals surface area contributed by atoms with Crippen molar-refractivity contribution in [1.82, 2.24) is 9.80 Å². The van der Waals surface area contributed by atoms with Crippen LogP contribution in [0.2, 0.25) is 0 Å². The molecule has 0 spiro atoms. The van der Waals surface area contributed by atoms with E-state index in [-0.39, 0.29) is 12.3 Å². The first kappa shape index (κ1) is 19.5. The maximum Gasteiger partial charge on any atom is 0.317 e. The molecule has 0 aliphatic carbocycles. The van der Waals surface area contributed by atoms with Crippen molar-refractivity contribution in [2.24, 2.45) is 0 Å². The first-order chi connectivity index (χ1) is 12.9. The van der Waals surface area contributed by atoms with E-state index in [4.69, 9.17) is 5.11 Å². The summed E-state index contributed by atoms with van der Waals surface area (Å²) < 4.78 is 25.4. The number of rotatable bonds is 7. The van der Waals surface area contributed by atoms with Gasteiger partial charge in [0.15, 0.2) is 9.84 Å². The van der Waals surface area contributed by atoms with Gasteiger partial charge in [-0.05, 0) is 23.3 Å². The highest BCUT2D eigenvalue weighted by molar-refractivity contribution is 7.90. The third kappa shape index (κ3) is 5.38. The molecule has 6 nitrogen and oxygen atoms in total. The molecule has 1 fully saturated rings. The zero-order chi connectivity index (χ0) is 19.3. The van der Waals surface area contributed by atoms with E-state index in [9.17, 15) is 13.2 Å². The van der Waals surface area contributed by atoms with Crippen LogP contribution in [-0.4, -0.2) is 62.0 Å². The van der Waals surface area contributed by atoms with Gasteiger partial charge in [0, 0.05) is 32.7 Å². The van der Waals surface area contributed by atoms with Crippen LogP contribution in [0, 0.1) is 0 Å². The Morgan fingerprint density at radius 3 is 2.04 bits per heavy atom. The summed E-state index contributed by atoms with van der Waals surface area (Å²) >= 11 is 0. The summed E-state index contributed by atoms with van der Waals surface area (Å²) in [7, 11) is -3.39. The van der Waals surface area contributed by atoms with Crippen LogP contribution in [0.4, 0.5) is 0 Å². The highest BCUT2D eigenvalue weighted by Gasteiger charge is 2.21. The Labute approximate surface area is 160 Å². The molecule has 3 rings (SSSR count). The number of carbonyl (C=O) groups is 1. The Kier molecular flexibility index (Phi) is 6.26. The van der Waals surface area contributed by atoms with Crippen LogP contribution in [0.5, 0.6) is 0 Å². The van der Waals surface area contributed by atoms with E-state index in [1.54, 1.807) is 30.3 Å². The van der Waals surface area contributed by atoms with Crippen LogP contribution in [0.25, 0.3) is 0 Å². The first-order valence-corrected chi connectivity index (χ1v) is 10.6. The van der Waals surface area contributed by atoms with Crippen LogP contribution < -0.4 is 0 Å². The average Bonchev–Trinajstić information content (AvgIpc) is 2.65. The van der Waals surface area contributed by atoms with Gasteiger partial charge in [-0.3, -0.25) is 14.6 Å². The number of benzene rings is 2. The maximum absolute atomic E-state index is 12.7. The molecule has 0 saturated carbocycles. The summed E-state index contributed by atoms with van der Waals surface area (Å²) in [5.41, 5.74) is 1.82. The molecule has 1 saturated heterocycles. The lowest BCUT2D eigenvalue weighted by molar-refractivity contribution is -0.138. The minimum absolute atomic E-state index is 0.0217. The van der Waals surface area contributed by atoms with Crippen molar-refractivity contribution in [3.63, 3.8) is 0 Å². The molecule has 0 aromatic heterocycles. The van der Waals surface area contributed by atoms with E-state index in [1.165, 1.54) is 0 Å². The fraction of sp³-hybridized carbons (Fsp3) is 0.350. The summed E-state index contributed by atoms with van der Waals surface area (Å²) in [4.78, 5) is 15.3. The molecule has 1 aliphatic rings. The molecule has 1 N–H and O–H groups in total. The largest absolute Gasteiger partial charge is 0.480 e. The van der Waals surface area contributed by atoms with Gasteiger partial charge >= 0.3 is 5.97 Å². The molecule has 0 radical (unpaired) electrons. The molecular weight excluding hydrogens is 364 g/mol. The molecule has 2 aromatic rings. The lowest BCUT2D eigenvalue weighted by Crippen LogP contribution is -2.47. The number of sulfone groups is 1. The van der Waals surface area contributed by atoms with Crippen LogP contribution in [-0.2, 0) is 26.9 Å². The number of piperazine rings is 1. The smallest absolute Gasteiger partial charge is 0.317 e. The number of hydrogen-bond acceptors (Lipinski definition) is 5. The van der Waals surface area contributed by atoms with E-state index >= 15 is 0 Å². The summed E-state index contributed by atoms with van der Waals surface area (Å²) in [6.45, 7) is 3.69. The van der Waals surface area contributed by atoms with Gasteiger partial charge in [0.25, 0.3) is 0 Å². The Bertz CT molecular complexity index is 876. The van der Waals surface area contributed by atoms with Crippen LogP contribution in [0.3, 0.4) is 0 Å². The van der Waals surface area contributed by atoms with Crippen molar-refractivity contribution in [2.75, 3.05) is 32.7 Å². The summed E-state index contributed by atoms with van der Waals surface area (Å²) in [6, 6.07) is 16.1. The van der Waals surface area contributed by atoms with E-state index < -0.39 is 15.8 Å². The molecule has 0 amide bonds. The van der Waals surface area contributed by atoms with Crippen molar-refractivity contribution >= 4 is 15.8 Å². The molecule has 27 heavy (non-hydrogen) atoms. The molecule has 0 bridgehead atoms. The van der Waals surface area contributed by atoms with Crippen molar-refractivity contribution in [3.8, 4) is 0 Å². The van der Waals surface area contributed by atoms with Gasteiger partial charge in [0.05, 0.1) is 17.2 Å². The Morgan fingerprint density at radius 2 is 1.41 bits per heavy atom. The zero-order valence-corrected chi connectivity index (χ0v) is 15.9. The number of aliphatic carboxylic acids is 1. The molecule has 7 heteroatoms. The van der Waals surface area contributed by atoms with Gasteiger partial charge in [-0.1, -0.05) is 42.5 Å². The molecular formula is C20H24N2O4S. The van der Waals surface area contributed by atoms with Gasteiger partial charge in [0.1, 0.15) is 0 Å². The van der Waals surface area contributed by atoms with Crippen molar-refractivity contribution in [1.29, 1.82) is 0 Å². The Hall–Kier alpha value is -2.22. The summed E-state index contributed by atoms with van der Waals surface area (Å²) in [5.74, 6) is -0.827. The second-order valence-electron chi connectivity index (χ2n) is 6.79. The molecule has 0 unspecified atom stereocenters. The van der Waals surface area contributed by atoms with E-state index in [1.807, 2.05) is 29.2 Å². The molecule has 2 aromatic carbocycles. The van der Waals surface area contributed by atoms with Gasteiger partial charge in [-0.25, -0.2) is 8.42 Å². The quantitative estimate of drug-likeness (QED) is 0.780. The van der Waals surface area contributed by atoms with Gasteiger partial charge in [-0.15, -0.1) is 0 Å². The van der Waals surface area contributed by atoms with Crippen LogP contribution in [0.15, 0.2) is 59.5 Å². The van der Waals surface area contributed by atoms with Crippen LogP contribution >= 0.6 is 0 Å². The standard InChI is InChI=1S/C20H24N2O4S/c23-20(24)15-22-12-10-21(11-13-22)14-17-6-4-5-7-18(17)16-27(25,26)19-8-2-1-3-9-19/h1-9H,10-16H2,(H,23,24). The van der Waals surface area contributed by atoms with Gasteiger partial charge in [-0.2, -0.15) is 0 Å². The van der Waals surface area contributed by atoms with Crippen LogP contribution in [0.1, 0.15) is 11.1 Å². The second-order valence-corrected chi connectivity index (χ2v) is 8.78. The number of carboxylic acids is 1. The first-order valence-electron chi connectivity index (χ1n) is 8.95. The Morgan fingerprint density at radius 1 is 0.852 bits per heavy atom. The number of hydrogen-bond donors (Lipinski definition) is 1. The topological polar surface area (TPSA) is 77.9 Å². The third-order valence-corrected chi connectivity index (χ3v) is 6.47. The molecule has 1 aliphatic heterocycles. The van der Waals surface area contributed by atoms with Crippen molar-refractivity contribution < 1.29 is 18.3 Å². The summed E-state index contributed by atoms with van der Waals surface area (Å²) in [5, 5.41) is 8.89. The highest BCUT2D eigenvalue weighted by Crippen LogP contribution is 2.20. The molecule has 0 atom stereocenters. The van der Waals surface area contributed by atoms with E-state index in [0.717, 1.165) is 24.2 Å². The maximum atomic E-state index is 12.7. The normalized spacial score (nSPS) is 16.3. The number of carboxylic acid groups (broad SMARTS) is 1. The minimum Gasteiger partial charge on any atom is -0.480 e. The van der Waals surface area contributed by atoms with Crippen molar-refractivity contribution in [2.45, 2.75) is 17.2 Å². The lowest BCUT2D eigenvalue weighted by atomic mass is 10.1. The zero-order valence-electron chi connectivity index (χ0n) is 15.1. The van der Waals surface area contributed by atoms with Crippen molar-refractivity contribution in [3.05, 3.63) is 65.7 Å². The van der Waals surface area contributed by atoms with Gasteiger partial charge in [0.2, 0.25) is 0 Å². The monoisotopic (exact) mass is 388 g/mol. The average molecular weight is 388 g/mol. The van der Waals surface area contributed by atoms with E-state index in [0.29, 0.717) is 24.5 Å². The highest BCUT2D eigenvalue weighted by atomic mass is 32.2. The predicted octanol–water partition coefficient (Wildman–Crippen LogP) is 1.86. The lowest BCUT2D eigenvalue weighted by Gasteiger charge is -2.34. The molecule has 144 valence electrons. The SMILES string of the molecule is O=C(O)CN1CCN(Cc2ccccc2CS(=O)(=O)c2ccccc2)CC1. The Balaban J connectivity index is 1.67. The fourth-order valence-electron chi connectivity index (χ4n) is 3.31. The third-order valence-electron chi connectivity index (χ3n) is 4.78. The van der Waals surface area contributed by atoms with E-state index in [2.05, 4.69) is 4.90 Å². The second kappa shape index (κ2) is 8.65. The summed E-state index contributed by atoms with van der Waals surface area (Å²) in [6.07, 6.45) is 0.